The fraction of sp³-hybridized carbons (Fsp3) is 0.391. The number of carboxylic acid groups (broad SMARTS) is 1. The zero-order valence-electron chi connectivity index (χ0n) is 16.3. The molecule has 0 bridgehead atoms. The average molecular weight is 397 g/mol. The van der Waals surface area contributed by atoms with Crippen molar-refractivity contribution >= 4 is 12.1 Å². The van der Waals surface area contributed by atoms with E-state index in [9.17, 15) is 14.7 Å². The highest BCUT2D eigenvalue weighted by atomic mass is 16.5. The first-order valence-electron chi connectivity index (χ1n) is 10.1. The van der Waals surface area contributed by atoms with E-state index in [1.807, 2.05) is 36.4 Å². The van der Waals surface area contributed by atoms with Crippen LogP contribution in [0.4, 0.5) is 4.79 Å². The van der Waals surface area contributed by atoms with E-state index in [2.05, 4.69) is 17.4 Å². The van der Waals surface area contributed by atoms with E-state index in [0.29, 0.717) is 19.3 Å². The number of unbranched alkanes of at least 4 members (excludes halogenated alkanes) is 3. The summed E-state index contributed by atoms with van der Waals surface area (Å²) in [5.74, 6) is -1.13. The largest absolute Gasteiger partial charge is 0.480 e. The number of fused-ring (bicyclic) bond motifs is 3. The first kappa shape index (κ1) is 20.9. The predicted octanol–water partition coefficient (Wildman–Crippen LogP) is 3.92. The monoisotopic (exact) mass is 397 g/mol. The molecule has 1 atom stereocenters. The molecule has 3 rings (SSSR count). The highest BCUT2D eigenvalue weighted by Crippen LogP contribution is 2.44. The van der Waals surface area contributed by atoms with Crippen molar-refractivity contribution in [3.8, 4) is 11.1 Å². The maximum atomic E-state index is 12.2. The van der Waals surface area contributed by atoms with Gasteiger partial charge in [0, 0.05) is 12.5 Å². The summed E-state index contributed by atoms with van der Waals surface area (Å²) in [6.07, 6.45) is 2.66. The molecule has 3 N–H and O–H groups in total. The third-order valence-corrected chi connectivity index (χ3v) is 5.33. The number of carbonyl (C=O) groups is 2. The predicted molar refractivity (Wildman–Crippen MR) is 110 cm³/mol. The Balaban J connectivity index is 1.56. The Morgan fingerprint density at radius 3 is 2.10 bits per heavy atom. The van der Waals surface area contributed by atoms with E-state index in [1.165, 1.54) is 0 Å². The lowest BCUT2D eigenvalue weighted by atomic mass is 9.98. The van der Waals surface area contributed by atoms with Crippen molar-refractivity contribution in [1.82, 2.24) is 5.32 Å². The molecular weight excluding hydrogens is 370 g/mol. The second kappa shape index (κ2) is 10.1. The van der Waals surface area contributed by atoms with E-state index in [1.54, 1.807) is 0 Å². The average Bonchev–Trinajstić information content (AvgIpc) is 3.05. The molecule has 1 unspecified atom stereocenters. The Bertz CT molecular complexity index is 805. The molecular formula is C23H27NO5. The number of alkyl carbamates (subject to hydrolysis) is 1. The summed E-state index contributed by atoms with van der Waals surface area (Å²) in [5, 5.41) is 20.6. The number of hydrogen-bond donors (Lipinski definition) is 3. The van der Waals surface area contributed by atoms with Crippen LogP contribution in [0.5, 0.6) is 0 Å². The molecule has 29 heavy (non-hydrogen) atoms. The van der Waals surface area contributed by atoms with Crippen LogP contribution in [0.2, 0.25) is 0 Å². The molecule has 6 heteroatoms. The summed E-state index contributed by atoms with van der Waals surface area (Å²) in [6, 6.07) is 15.1. The highest BCUT2D eigenvalue weighted by Gasteiger charge is 2.29. The zero-order valence-corrected chi connectivity index (χ0v) is 16.3. The molecule has 0 spiro atoms. The Kier molecular flexibility index (Phi) is 7.25. The Morgan fingerprint density at radius 2 is 1.52 bits per heavy atom. The van der Waals surface area contributed by atoms with Crippen molar-refractivity contribution < 1.29 is 24.5 Å². The fourth-order valence-corrected chi connectivity index (χ4v) is 3.85. The lowest BCUT2D eigenvalue weighted by molar-refractivity contribution is -0.139. The fourth-order valence-electron chi connectivity index (χ4n) is 3.85. The van der Waals surface area contributed by atoms with Crippen LogP contribution in [-0.2, 0) is 9.53 Å². The van der Waals surface area contributed by atoms with Crippen molar-refractivity contribution in [2.75, 3.05) is 13.2 Å². The van der Waals surface area contributed by atoms with Crippen molar-refractivity contribution in [2.24, 2.45) is 0 Å². The molecule has 0 saturated carbocycles. The smallest absolute Gasteiger partial charge is 0.407 e. The Labute approximate surface area is 170 Å². The number of amides is 1. The van der Waals surface area contributed by atoms with Crippen LogP contribution < -0.4 is 5.32 Å². The van der Waals surface area contributed by atoms with Crippen molar-refractivity contribution in [1.29, 1.82) is 0 Å². The lowest BCUT2D eigenvalue weighted by Gasteiger charge is -2.17. The van der Waals surface area contributed by atoms with Gasteiger partial charge in [-0.3, -0.25) is 0 Å². The van der Waals surface area contributed by atoms with E-state index in [-0.39, 0.29) is 19.1 Å². The minimum Gasteiger partial charge on any atom is -0.480 e. The Morgan fingerprint density at radius 1 is 0.931 bits per heavy atom. The van der Waals surface area contributed by atoms with Crippen LogP contribution >= 0.6 is 0 Å². The second-order valence-corrected chi connectivity index (χ2v) is 7.29. The summed E-state index contributed by atoms with van der Waals surface area (Å²) >= 11 is 0. The Hall–Kier alpha value is -2.86. The number of ether oxygens (including phenoxy) is 1. The third kappa shape index (κ3) is 5.15. The number of rotatable bonds is 10. The number of nitrogens with one attached hydrogen (secondary N) is 1. The molecule has 2 aromatic rings. The molecule has 0 radical (unpaired) electrons. The van der Waals surface area contributed by atoms with Crippen LogP contribution in [0.3, 0.4) is 0 Å². The summed E-state index contributed by atoms with van der Waals surface area (Å²) < 4.78 is 5.42. The molecule has 6 nitrogen and oxygen atoms in total. The number of benzene rings is 2. The molecule has 2 aromatic carbocycles. The summed E-state index contributed by atoms with van der Waals surface area (Å²) in [5.41, 5.74) is 4.51. The molecule has 0 saturated heterocycles. The number of aliphatic hydroxyl groups excluding tert-OH is 1. The van der Waals surface area contributed by atoms with Gasteiger partial charge in [0.2, 0.25) is 0 Å². The normalized spacial score (nSPS) is 13.4. The van der Waals surface area contributed by atoms with Gasteiger partial charge in [-0.1, -0.05) is 67.8 Å². The van der Waals surface area contributed by atoms with E-state index in [4.69, 9.17) is 9.84 Å². The standard InChI is InChI=1S/C23H27NO5/c25-14-8-2-1-3-13-21(22(26)27)24-23(28)29-15-20-18-11-6-4-9-16(18)17-10-5-7-12-19(17)20/h4-7,9-12,20-21,25H,1-3,8,13-15H2,(H,24,28)(H,26,27). The molecule has 1 amide bonds. The van der Waals surface area contributed by atoms with Crippen LogP contribution in [0.1, 0.15) is 49.1 Å². The molecule has 0 aromatic heterocycles. The van der Waals surface area contributed by atoms with Gasteiger partial charge in [0.15, 0.2) is 0 Å². The molecule has 0 aliphatic heterocycles. The van der Waals surface area contributed by atoms with Crippen LogP contribution in [0, 0.1) is 0 Å². The highest BCUT2D eigenvalue weighted by molar-refractivity contribution is 5.81. The minimum atomic E-state index is -1.07. The topological polar surface area (TPSA) is 95.9 Å². The van der Waals surface area contributed by atoms with E-state index < -0.39 is 18.1 Å². The van der Waals surface area contributed by atoms with Crippen LogP contribution in [0.15, 0.2) is 48.5 Å². The summed E-state index contributed by atoms with van der Waals surface area (Å²) in [4.78, 5) is 23.7. The summed E-state index contributed by atoms with van der Waals surface area (Å²) in [7, 11) is 0. The molecule has 1 aliphatic rings. The van der Waals surface area contributed by atoms with Gasteiger partial charge >= 0.3 is 12.1 Å². The van der Waals surface area contributed by atoms with Gasteiger partial charge < -0.3 is 20.3 Å². The maximum Gasteiger partial charge on any atom is 0.407 e. The maximum absolute atomic E-state index is 12.2. The molecule has 1 aliphatic carbocycles. The number of aliphatic carboxylic acids is 1. The lowest BCUT2D eigenvalue weighted by Crippen LogP contribution is -2.41. The third-order valence-electron chi connectivity index (χ3n) is 5.33. The van der Waals surface area contributed by atoms with E-state index in [0.717, 1.165) is 35.1 Å². The van der Waals surface area contributed by atoms with Gasteiger partial charge in [-0.25, -0.2) is 9.59 Å². The van der Waals surface area contributed by atoms with Gasteiger partial charge in [-0.05, 0) is 35.1 Å². The van der Waals surface area contributed by atoms with Gasteiger partial charge in [-0.2, -0.15) is 0 Å². The quantitative estimate of drug-likeness (QED) is 0.528. The summed E-state index contributed by atoms with van der Waals surface area (Å²) in [6.45, 7) is 0.295. The van der Waals surface area contributed by atoms with Crippen molar-refractivity contribution in [2.45, 2.75) is 44.1 Å². The number of aliphatic hydroxyl groups is 1. The molecule has 0 fully saturated rings. The number of carboxylic acids is 1. The molecule has 154 valence electrons. The van der Waals surface area contributed by atoms with E-state index >= 15 is 0 Å². The van der Waals surface area contributed by atoms with Gasteiger partial charge in [-0.15, -0.1) is 0 Å². The first-order chi connectivity index (χ1) is 14.1. The number of hydrogen-bond acceptors (Lipinski definition) is 4. The number of carbonyl (C=O) groups excluding carboxylic acids is 1. The minimum absolute atomic E-state index is 0.0603. The zero-order chi connectivity index (χ0) is 20.6. The van der Waals surface area contributed by atoms with Gasteiger partial charge in [0.25, 0.3) is 0 Å². The SMILES string of the molecule is O=C(NC(CCCCCCO)C(=O)O)OCC1c2ccccc2-c2ccccc21. The van der Waals surface area contributed by atoms with Crippen LogP contribution in [0.25, 0.3) is 11.1 Å². The first-order valence-corrected chi connectivity index (χ1v) is 10.1. The molecule has 0 heterocycles. The van der Waals surface area contributed by atoms with Crippen LogP contribution in [-0.4, -0.2) is 41.5 Å². The van der Waals surface area contributed by atoms with Gasteiger partial charge in [0.05, 0.1) is 0 Å². The van der Waals surface area contributed by atoms with Gasteiger partial charge in [0.1, 0.15) is 12.6 Å². The second-order valence-electron chi connectivity index (χ2n) is 7.29. The van der Waals surface area contributed by atoms with Crippen molar-refractivity contribution in [3.05, 3.63) is 59.7 Å². The van der Waals surface area contributed by atoms with Crippen molar-refractivity contribution in [3.63, 3.8) is 0 Å².